The zero-order valence-electron chi connectivity index (χ0n) is 16.2. The van der Waals surface area contributed by atoms with Crippen LogP contribution in [0.2, 0.25) is 0 Å². The molecule has 0 heterocycles. The largest absolute Gasteiger partial charge is 0.396 e. The Morgan fingerprint density at radius 2 is 1.28 bits per heavy atom. The Morgan fingerprint density at radius 3 is 1.72 bits per heavy atom. The summed E-state index contributed by atoms with van der Waals surface area (Å²) in [4.78, 5) is -0.0666. The molecule has 3 aromatic carbocycles. The highest BCUT2D eigenvalue weighted by molar-refractivity contribution is 7.85. The van der Waals surface area contributed by atoms with E-state index in [9.17, 15) is 18.6 Å². The van der Waals surface area contributed by atoms with Crippen molar-refractivity contribution < 1.29 is 23.2 Å². The van der Waals surface area contributed by atoms with Crippen molar-refractivity contribution in [3.05, 3.63) is 102 Å². The van der Waals surface area contributed by atoms with E-state index in [4.69, 9.17) is 4.55 Å². The van der Waals surface area contributed by atoms with Gasteiger partial charge in [0, 0.05) is 12.5 Å². The van der Waals surface area contributed by atoms with Crippen LogP contribution in [0.15, 0.2) is 89.8 Å². The number of aliphatic hydroxyl groups is 2. The lowest BCUT2D eigenvalue weighted by atomic mass is 9.87. The zero-order chi connectivity index (χ0) is 21.3. The van der Waals surface area contributed by atoms with Gasteiger partial charge < -0.3 is 10.2 Å². The fourth-order valence-electron chi connectivity index (χ4n) is 2.94. The van der Waals surface area contributed by atoms with Crippen molar-refractivity contribution in [2.75, 3.05) is 6.61 Å². The summed E-state index contributed by atoms with van der Waals surface area (Å²) in [5.74, 6) is -0.0707. The fourth-order valence-corrected chi connectivity index (χ4v) is 3.42. The topological polar surface area (TPSA) is 94.8 Å². The van der Waals surface area contributed by atoms with Crippen LogP contribution in [0, 0.1) is 6.92 Å². The smallest absolute Gasteiger partial charge is 0.294 e. The fraction of sp³-hybridized carbons (Fsp3) is 0.217. The Kier molecular flexibility index (Phi) is 8.54. The first kappa shape index (κ1) is 22.8. The molecule has 29 heavy (non-hydrogen) atoms. The van der Waals surface area contributed by atoms with Crippen LogP contribution in [-0.2, 0) is 10.1 Å². The molecule has 154 valence electrons. The van der Waals surface area contributed by atoms with Crippen LogP contribution in [-0.4, -0.2) is 29.8 Å². The molecule has 3 N–H and O–H groups in total. The van der Waals surface area contributed by atoms with Crippen molar-refractivity contribution in [2.24, 2.45) is 0 Å². The predicted molar refractivity (Wildman–Crippen MR) is 113 cm³/mol. The monoisotopic (exact) mass is 414 g/mol. The third-order valence-electron chi connectivity index (χ3n) is 4.51. The molecule has 0 aliphatic heterocycles. The van der Waals surface area contributed by atoms with E-state index < -0.39 is 16.2 Å². The van der Waals surface area contributed by atoms with Gasteiger partial charge in [-0.05, 0) is 36.6 Å². The summed E-state index contributed by atoms with van der Waals surface area (Å²) in [5.41, 5.74) is 2.90. The van der Waals surface area contributed by atoms with Crippen molar-refractivity contribution >= 4 is 10.1 Å². The molecule has 0 spiro atoms. The number of aliphatic hydroxyl groups excluding tert-OH is 2. The molecule has 0 saturated carbocycles. The number of rotatable bonds is 6. The summed E-state index contributed by atoms with van der Waals surface area (Å²) in [7, 11) is -4.02. The third-order valence-corrected chi connectivity index (χ3v) is 5.38. The average Bonchev–Trinajstić information content (AvgIpc) is 2.73. The first-order valence-electron chi connectivity index (χ1n) is 9.26. The van der Waals surface area contributed by atoms with Crippen LogP contribution in [0.1, 0.15) is 35.1 Å². The number of benzene rings is 3. The summed E-state index contributed by atoms with van der Waals surface area (Å²) in [6, 6.07) is 25.4. The van der Waals surface area contributed by atoms with Crippen molar-refractivity contribution in [1.82, 2.24) is 0 Å². The Labute approximate surface area is 172 Å². The second kappa shape index (κ2) is 10.9. The van der Waals surface area contributed by atoms with E-state index in [0.717, 1.165) is 16.7 Å². The molecule has 2 atom stereocenters. The Balaban J connectivity index is 0.000000234. The molecule has 5 nitrogen and oxygen atoms in total. The summed E-state index contributed by atoms with van der Waals surface area (Å²) in [6.07, 6.45) is -0.0270. The summed E-state index contributed by atoms with van der Waals surface area (Å²) in [5, 5.41) is 19.6. The summed E-state index contributed by atoms with van der Waals surface area (Å²) < 4.78 is 29.6. The maximum Gasteiger partial charge on any atom is 0.294 e. The number of aryl methyl sites for hydroxylation is 1. The van der Waals surface area contributed by atoms with E-state index >= 15 is 0 Å². The van der Waals surface area contributed by atoms with E-state index in [2.05, 4.69) is 0 Å². The molecule has 0 bridgehead atoms. The SMILES string of the molecule is Cc1ccc(S(=O)(=O)O)cc1.OCCC(c1ccccc1)C(O)c1ccccc1. The molecule has 2 unspecified atom stereocenters. The lowest BCUT2D eigenvalue weighted by molar-refractivity contribution is 0.127. The highest BCUT2D eigenvalue weighted by atomic mass is 32.2. The van der Waals surface area contributed by atoms with E-state index in [0.29, 0.717) is 6.42 Å². The van der Waals surface area contributed by atoms with Crippen LogP contribution in [0.25, 0.3) is 0 Å². The molecular formula is C23H26O5S. The quantitative estimate of drug-likeness (QED) is 0.527. The van der Waals surface area contributed by atoms with Crippen molar-refractivity contribution in [2.45, 2.75) is 30.3 Å². The average molecular weight is 415 g/mol. The Morgan fingerprint density at radius 1 is 0.793 bits per heavy atom. The molecule has 0 aliphatic rings. The first-order chi connectivity index (χ1) is 13.8. The van der Waals surface area contributed by atoms with E-state index in [-0.39, 0.29) is 17.4 Å². The zero-order valence-corrected chi connectivity index (χ0v) is 17.0. The second-order valence-electron chi connectivity index (χ2n) is 6.67. The van der Waals surface area contributed by atoms with Gasteiger partial charge in [0.25, 0.3) is 10.1 Å². The number of hydrogen-bond donors (Lipinski definition) is 3. The molecule has 0 fully saturated rings. The lowest BCUT2D eigenvalue weighted by Crippen LogP contribution is -2.12. The van der Waals surface area contributed by atoms with Gasteiger partial charge in [0.1, 0.15) is 0 Å². The van der Waals surface area contributed by atoms with Crippen LogP contribution in [0.5, 0.6) is 0 Å². The summed E-state index contributed by atoms with van der Waals surface area (Å²) >= 11 is 0. The first-order valence-corrected chi connectivity index (χ1v) is 10.7. The minimum absolute atomic E-state index is 0.0666. The normalized spacial score (nSPS) is 13.1. The molecule has 0 amide bonds. The van der Waals surface area contributed by atoms with Crippen LogP contribution in [0.4, 0.5) is 0 Å². The van der Waals surface area contributed by atoms with Gasteiger partial charge in [0.05, 0.1) is 11.0 Å². The standard InChI is InChI=1S/C16H18O2.C7H8O3S/c17-12-11-15(13-7-3-1-4-8-13)16(18)14-9-5-2-6-10-14;1-6-2-4-7(5-3-6)11(8,9)10/h1-10,15-18H,11-12H2;2-5H,1H3,(H,8,9,10). The molecule has 0 aromatic heterocycles. The second-order valence-corrected chi connectivity index (χ2v) is 8.09. The van der Waals surface area contributed by atoms with Gasteiger partial charge >= 0.3 is 0 Å². The van der Waals surface area contributed by atoms with Crippen molar-refractivity contribution in [3.63, 3.8) is 0 Å². The maximum absolute atomic E-state index is 10.5. The molecule has 3 rings (SSSR count). The van der Waals surface area contributed by atoms with Gasteiger partial charge in [-0.25, -0.2) is 0 Å². The predicted octanol–water partition coefficient (Wildman–Crippen LogP) is 4.13. The van der Waals surface area contributed by atoms with Gasteiger partial charge in [-0.1, -0.05) is 78.4 Å². The van der Waals surface area contributed by atoms with Gasteiger partial charge in [-0.15, -0.1) is 0 Å². The van der Waals surface area contributed by atoms with Gasteiger partial charge in [0.2, 0.25) is 0 Å². The number of hydrogen-bond acceptors (Lipinski definition) is 4. The molecule has 6 heteroatoms. The molecule has 3 aromatic rings. The van der Waals surface area contributed by atoms with Gasteiger partial charge in [0.15, 0.2) is 0 Å². The minimum atomic E-state index is -4.02. The van der Waals surface area contributed by atoms with E-state index in [1.165, 1.54) is 12.1 Å². The van der Waals surface area contributed by atoms with Crippen LogP contribution < -0.4 is 0 Å². The highest BCUT2D eigenvalue weighted by Gasteiger charge is 2.21. The van der Waals surface area contributed by atoms with Crippen molar-refractivity contribution in [3.8, 4) is 0 Å². The summed E-state index contributed by atoms with van der Waals surface area (Å²) in [6.45, 7) is 1.91. The van der Waals surface area contributed by atoms with Crippen LogP contribution >= 0.6 is 0 Å². The molecule has 0 saturated heterocycles. The molecular weight excluding hydrogens is 388 g/mol. The van der Waals surface area contributed by atoms with Gasteiger partial charge in [-0.2, -0.15) is 8.42 Å². The third kappa shape index (κ3) is 7.11. The van der Waals surface area contributed by atoms with E-state index in [1.54, 1.807) is 12.1 Å². The minimum Gasteiger partial charge on any atom is -0.396 e. The highest BCUT2D eigenvalue weighted by Crippen LogP contribution is 2.33. The molecule has 0 aliphatic carbocycles. The van der Waals surface area contributed by atoms with Crippen molar-refractivity contribution in [1.29, 1.82) is 0 Å². The Bertz CT molecular complexity index is 955. The van der Waals surface area contributed by atoms with E-state index in [1.807, 2.05) is 67.6 Å². The van der Waals surface area contributed by atoms with Crippen LogP contribution in [0.3, 0.4) is 0 Å². The molecule has 0 radical (unpaired) electrons. The maximum atomic E-state index is 10.5. The van der Waals surface area contributed by atoms with Gasteiger partial charge in [-0.3, -0.25) is 4.55 Å². The lowest BCUT2D eigenvalue weighted by Gasteiger charge is -2.23. The Hall–Kier alpha value is -2.51.